The minimum absolute atomic E-state index is 0.141. The molecule has 1 atom stereocenters. The van der Waals surface area contributed by atoms with Gasteiger partial charge < -0.3 is 14.6 Å². The topological polar surface area (TPSA) is 28.4 Å². The second-order valence-corrected chi connectivity index (χ2v) is 6.35. The standard InChI is InChI=1S/C17H21BrN2O/c1-13(16-9-10-17(18)21-16)19-14-7-3-4-8-15(14)20-11-5-2-6-12-20/h3-4,7-10,13,19H,2,5-6,11-12H2,1H3. The Morgan fingerprint density at radius 1 is 1.10 bits per heavy atom. The zero-order valence-corrected chi connectivity index (χ0v) is 13.9. The van der Waals surface area contributed by atoms with Gasteiger partial charge in [0.1, 0.15) is 5.76 Å². The first kappa shape index (κ1) is 14.5. The van der Waals surface area contributed by atoms with E-state index in [1.54, 1.807) is 0 Å². The van der Waals surface area contributed by atoms with Gasteiger partial charge in [-0.05, 0) is 66.4 Å². The summed E-state index contributed by atoms with van der Waals surface area (Å²) in [6.07, 6.45) is 3.92. The molecule has 3 rings (SSSR count). The van der Waals surface area contributed by atoms with Gasteiger partial charge in [-0.1, -0.05) is 12.1 Å². The number of hydrogen-bond acceptors (Lipinski definition) is 3. The van der Waals surface area contributed by atoms with E-state index in [9.17, 15) is 0 Å². The number of hydrogen-bond donors (Lipinski definition) is 1. The van der Waals surface area contributed by atoms with Crippen molar-refractivity contribution < 1.29 is 4.42 Å². The minimum atomic E-state index is 0.141. The summed E-state index contributed by atoms with van der Waals surface area (Å²) >= 11 is 3.36. The molecule has 21 heavy (non-hydrogen) atoms. The largest absolute Gasteiger partial charge is 0.452 e. The fraction of sp³-hybridized carbons (Fsp3) is 0.412. The summed E-state index contributed by atoms with van der Waals surface area (Å²) in [5.74, 6) is 0.940. The van der Waals surface area contributed by atoms with Gasteiger partial charge in [-0.15, -0.1) is 0 Å². The summed E-state index contributed by atoms with van der Waals surface area (Å²) in [6, 6.07) is 12.6. The summed E-state index contributed by atoms with van der Waals surface area (Å²) in [5.41, 5.74) is 2.48. The van der Waals surface area contributed by atoms with Crippen LogP contribution in [0.2, 0.25) is 0 Å². The highest BCUT2D eigenvalue weighted by Gasteiger charge is 2.16. The van der Waals surface area contributed by atoms with Crippen molar-refractivity contribution in [2.75, 3.05) is 23.3 Å². The summed E-state index contributed by atoms with van der Waals surface area (Å²) in [5, 5.41) is 3.58. The molecule has 0 aliphatic carbocycles. The monoisotopic (exact) mass is 348 g/mol. The lowest BCUT2D eigenvalue weighted by Crippen LogP contribution is -2.30. The van der Waals surface area contributed by atoms with Gasteiger partial charge in [0.05, 0.1) is 17.4 Å². The van der Waals surface area contributed by atoms with Crippen LogP contribution in [-0.4, -0.2) is 13.1 Å². The second kappa shape index (κ2) is 6.56. The number of rotatable bonds is 4. The van der Waals surface area contributed by atoms with Crippen LogP contribution >= 0.6 is 15.9 Å². The highest BCUT2D eigenvalue weighted by molar-refractivity contribution is 9.10. The van der Waals surface area contributed by atoms with Gasteiger partial charge >= 0.3 is 0 Å². The average molecular weight is 349 g/mol. The summed E-state index contributed by atoms with van der Waals surface area (Å²) in [6.45, 7) is 4.43. The zero-order valence-electron chi connectivity index (χ0n) is 12.3. The van der Waals surface area contributed by atoms with E-state index in [1.165, 1.54) is 30.6 Å². The van der Waals surface area contributed by atoms with Crippen LogP contribution in [0.15, 0.2) is 45.5 Å². The van der Waals surface area contributed by atoms with Crippen LogP contribution in [0.5, 0.6) is 0 Å². The Morgan fingerprint density at radius 3 is 2.57 bits per heavy atom. The van der Waals surface area contributed by atoms with E-state index in [2.05, 4.69) is 57.3 Å². The van der Waals surface area contributed by atoms with E-state index >= 15 is 0 Å². The highest BCUT2D eigenvalue weighted by atomic mass is 79.9. The lowest BCUT2D eigenvalue weighted by Gasteiger charge is -2.31. The molecule has 1 N–H and O–H groups in total. The quantitative estimate of drug-likeness (QED) is 0.822. The minimum Gasteiger partial charge on any atom is -0.452 e. The fourth-order valence-electron chi connectivity index (χ4n) is 2.87. The Morgan fingerprint density at radius 2 is 1.86 bits per heavy atom. The summed E-state index contributed by atoms with van der Waals surface area (Å²) in [7, 11) is 0. The smallest absolute Gasteiger partial charge is 0.169 e. The average Bonchev–Trinajstić information content (AvgIpc) is 2.95. The summed E-state index contributed by atoms with van der Waals surface area (Å²) < 4.78 is 6.42. The van der Waals surface area contributed by atoms with Crippen LogP contribution in [0, 0.1) is 0 Å². The molecule has 0 radical (unpaired) electrons. The first-order valence-electron chi connectivity index (χ1n) is 7.60. The molecule has 1 unspecified atom stereocenters. The van der Waals surface area contributed by atoms with Gasteiger partial charge in [0, 0.05) is 13.1 Å². The molecule has 1 fully saturated rings. The Kier molecular flexibility index (Phi) is 4.54. The molecular weight excluding hydrogens is 328 g/mol. The number of nitrogens with zero attached hydrogens (tertiary/aromatic N) is 1. The molecule has 0 amide bonds. The third kappa shape index (κ3) is 3.43. The number of furan rings is 1. The maximum absolute atomic E-state index is 5.64. The van der Waals surface area contributed by atoms with Crippen molar-refractivity contribution in [2.45, 2.75) is 32.2 Å². The molecule has 2 aromatic rings. The molecule has 112 valence electrons. The second-order valence-electron chi connectivity index (χ2n) is 5.57. The molecule has 4 heteroatoms. The maximum Gasteiger partial charge on any atom is 0.169 e. The summed E-state index contributed by atoms with van der Waals surface area (Å²) in [4.78, 5) is 2.48. The van der Waals surface area contributed by atoms with Crippen molar-refractivity contribution in [2.24, 2.45) is 0 Å². The Labute approximate surface area is 134 Å². The lowest BCUT2D eigenvalue weighted by molar-refractivity contribution is 0.471. The van der Waals surface area contributed by atoms with Gasteiger partial charge in [-0.25, -0.2) is 0 Å². The van der Waals surface area contributed by atoms with Gasteiger partial charge in [0.25, 0.3) is 0 Å². The van der Waals surface area contributed by atoms with Crippen molar-refractivity contribution in [1.82, 2.24) is 0 Å². The number of para-hydroxylation sites is 2. The van der Waals surface area contributed by atoms with E-state index < -0.39 is 0 Å². The highest BCUT2D eigenvalue weighted by Crippen LogP contribution is 2.31. The van der Waals surface area contributed by atoms with Gasteiger partial charge in [-0.2, -0.15) is 0 Å². The lowest BCUT2D eigenvalue weighted by atomic mass is 10.1. The molecule has 1 aliphatic heterocycles. The molecule has 1 aromatic carbocycles. The van der Waals surface area contributed by atoms with Crippen LogP contribution in [-0.2, 0) is 0 Å². The number of anilines is 2. The van der Waals surface area contributed by atoms with Crippen LogP contribution in [0.25, 0.3) is 0 Å². The number of halogens is 1. The molecule has 2 heterocycles. The van der Waals surface area contributed by atoms with Crippen LogP contribution in [0.3, 0.4) is 0 Å². The number of nitrogens with one attached hydrogen (secondary N) is 1. The van der Waals surface area contributed by atoms with Crippen molar-refractivity contribution >= 4 is 27.3 Å². The van der Waals surface area contributed by atoms with E-state index in [4.69, 9.17) is 4.42 Å². The molecule has 3 nitrogen and oxygen atoms in total. The first-order chi connectivity index (χ1) is 10.2. The molecule has 1 saturated heterocycles. The van der Waals surface area contributed by atoms with Crippen molar-refractivity contribution in [1.29, 1.82) is 0 Å². The van der Waals surface area contributed by atoms with Crippen molar-refractivity contribution in [3.05, 3.63) is 46.8 Å². The van der Waals surface area contributed by atoms with E-state index in [-0.39, 0.29) is 6.04 Å². The SMILES string of the molecule is CC(Nc1ccccc1N1CCCCC1)c1ccc(Br)o1. The van der Waals surface area contributed by atoms with Crippen molar-refractivity contribution in [3.8, 4) is 0 Å². The molecule has 1 aliphatic rings. The molecular formula is C17H21BrN2O. The van der Waals surface area contributed by atoms with Crippen LogP contribution < -0.4 is 10.2 Å². The van der Waals surface area contributed by atoms with Crippen molar-refractivity contribution in [3.63, 3.8) is 0 Å². The number of piperidine rings is 1. The normalized spacial score (nSPS) is 16.8. The van der Waals surface area contributed by atoms with Gasteiger partial charge in [-0.3, -0.25) is 0 Å². The Hall–Kier alpha value is -1.42. The Balaban J connectivity index is 1.78. The Bertz CT molecular complexity index is 590. The van der Waals surface area contributed by atoms with E-state index in [0.29, 0.717) is 0 Å². The zero-order chi connectivity index (χ0) is 14.7. The maximum atomic E-state index is 5.64. The van der Waals surface area contributed by atoms with Crippen LogP contribution in [0.4, 0.5) is 11.4 Å². The fourth-order valence-corrected chi connectivity index (χ4v) is 3.19. The molecule has 0 spiro atoms. The van der Waals surface area contributed by atoms with Crippen LogP contribution in [0.1, 0.15) is 38.0 Å². The predicted molar refractivity (Wildman–Crippen MR) is 91.0 cm³/mol. The molecule has 0 bridgehead atoms. The first-order valence-corrected chi connectivity index (χ1v) is 8.39. The third-order valence-corrected chi connectivity index (χ3v) is 4.42. The number of benzene rings is 1. The third-order valence-electron chi connectivity index (χ3n) is 3.99. The van der Waals surface area contributed by atoms with Gasteiger partial charge in [0.15, 0.2) is 4.67 Å². The van der Waals surface area contributed by atoms with Gasteiger partial charge in [0.2, 0.25) is 0 Å². The predicted octanol–water partition coefficient (Wildman–Crippen LogP) is 5.21. The molecule has 1 aromatic heterocycles. The molecule has 0 saturated carbocycles. The van der Waals surface area contributed by atoms with E-state index in [1.807, 2.05) is 12.1 Å². The van der Waals surface area contributed by atoms with E-state index in [0.717, 1.165) is 23.5 Å².